The second-order valence-electron chi connectivity index (χ2n) is 9.79. The van der Waals surface area contributed by atoms with E-state index in [9.17, 15) is 18.0 Å². The molecule has 11 heteroatoms. The zero-order chi connectivity index (χ0) is 30.3. The molecule has 3 aromatic rings. The minimum atomic E-state index is -4.29. The average molecular weight is 602 g/mol. The average Bonchev–Trinajstić information content (AvgIpc) is 2.94. The van der Waals surface area contributed by atoms with Gasteiger partial charge in [0.15, 0.2) is 11.5 Å². The number of hydrogen-bond acceptors (Lipinski definition) is 6. The Morgan fingerprint density at radius 2 is 1.56 bits per heavy atom. The van der Waals surface area contributed by atoms with E-state index in [0.29, 0.717) is 10.8 Å². The molecule has 0 aliphatic rings. The van der Waals surface area contributed by atoms with E-state index in [1.165, 1.54) is 49.5 Å². The van der Waals surface area contributed by atoms with Gasteiger partial charge in [0.05, 0.1) is 24.8 Å². The SMILES string of the molecule is COc1ccc(S(=O)(=O)N(CC(=O)N(Cc2ccccc2C)C(C)C(=O)NC(C)C)c2ccc(Cl)cc2)cc1OC. The Hall–Kier alpha value is -3.76. The molecule has 3 rings (SSSR count). The Morgan fingerprint density at radius 1 is 0.927 bits per heavy atom. The molecule has 1 unspecified atom stereocenters. The van der Waals surface area contributed by atoms with Crippen molar-refractivity contribution in [2.75, 3.05) is 25.1 Å². The maximum absolute atomic E-state index is 14.1. The summed E-state index contributed by atoms with van der Waals surface area (Å²) in [5.74, 6) is -0.326. The van der Waals surface area contributed by atoms with E-state index in [1.54, 1.807) is 19.1 Å². The second-order valence-corrected chi connectivity index (χ2v) is 12.1. The number of ether oxygens (including phenoxy) is 2. The third-order valence-electron chi connectivity index (χ3n) is 6.54. The molecule has 3 aromatic carbocycles. The number of amides is 2. The van der Waals surface area contributed by atoms with Crippen molar-refractivity contribution in [3.05, 3.63) is 82.9 Å². The first-order valence-electron chi connectivity index (χ1n) is 13.0. The van der Waals surface area contributed by atoms with E-state index in [2.05, 4.69) is 5.32 Å². The maximum atomic E-state index is 14.1. The molecular weight excluding hydrogens is 566 g/mol. The molecule has 220 valence electrons. The molecular formula is C30H36ClN3O6S. The van der Waals surface area contributed by atoms with Gasteiger partial charge in [-0.2, -0.15) is 0 Å². The van der Waals surface area contributed by atoms with Gasteiger partial charge in [-0.05, 0) is 75.2 Å². The molecule has 0 fully saturated rings. The van der Waals surface area contributed by atoms with Gasteiger partial charge in [-0.25, -0.2) is 8.42 Å². The Bertz CT molecular complexity index is 1480. The largest absolute Gasteiger partial charge is 0.493 e. The van der Waals surface area contributed by atoms with Crippen LogP contribution in [0.4, 0.5) is 5.69 Å². The lowest BCUT2D eigenvalue weighted by Crippen LogP contribution is -2.52. The van der Waals surface area contributed by atoms with Crippen LogP contribution in [-0.2, 0) is 26.2 Å². The van der Waals surface area contributed by atoms with Crippen LogP contribution < -0.4 is 19.1 Å². The molecule has 0 saturated heterocycles. The summed E-state index contributed by atoms with van der Waals surface area (Å²) >= 11 is 6.08. The summed E-state index contributed by atoms with van der Waals surface area (Å²) < 4.78 is 39.7. The van der Waals surface area contributed by atoms with Gasteiger partial charge in [0.1, 0.15) is 12.6 Å². The predicted octanol–water partition coefficient (Wildman–Crippen LogP) is 4.80. The van der Waals surface area contributed by atoms with Crippen LogP contribution in [0.2, 0.25) is 5.02 Å². The summed E-state index contributed by atoms with van der Waals surface area (Å²) in [6.45, 7) is 6.75. The number of benzene rings is 3. The Kier molecular flexibility index (Phi) is 10.6. The number of nitrogens with one attached hydrogen (secondary N) is 1. The summed E-state index contributed by atoms with van der Waals surface area (Å²) in [6, 6.07) is 16.8. The van der Waals surface area contributed by atoms with Gasteiger partial charge in [0.2, 0.25) is 11.8 Å². The fourth-order valence-corrected chi connectivity index (χ4v) is 5.76. The smallest absolute Gasteiger partial charge is 0.264 e. The van der Waals surface area contributed by atoms with E-state index in [0.717, 1.165) is 15.4 Å². The number of aryl methyl sites for hydroxylation is 1. The van der Waals surface area contributed by atoms with Crippen molar-refractivity contribution in [1.29, 1.82) is 0 Å². The zero-order valence-corrected chi connectivity index (χ0v) is 25.6. The molecule has 0 saturated carbocycles. The Balaban J connectivity index is 2.08. The van der Waals surface area contributed by atoms with E-state index in [4.69, 9.17) is 21.1 Å². The topological polar surface area (TPSA) is 105 Å². The fraction of sp³-hybridized carbons (Fsp3) is 0.333. The summed E-state index contributed by atoms with van der Waals surface area (Å²) in [7, 11) is -1.44. The van der Waals surface area contributed by atoms with Gasteiger partial charge in [-0.1, -0.05) is 35.9 Å². The summed E-state index contributed by atoms with van der Waals surface area (Å²) in [5.41, 5.74) is 2.01. The van der Waals surface area contributed by atoms with Crippen LogP contribution in [0.3, 0.4) is 0 Å². The molecule has 0 aromatic heterocycles. The number of hydrogen-bond donors (Lipinski definition) is 1. The molecule has 0 radical (unpaired) electrons. The minimum Gasteiger partial charge on any atom is -0.493 e. The standard InChI is InChI=1S/C30H36ClN3O6S/c1-20(2)32-30(36)22(4)33(18-23-10-8-7-9-21(23)3)29(35)19-34(25-13-11-24(31)12-14-25)41(37,38)26-15-16-27(39-5)28(17-26)40-6/h7-17,20,22H,18-19H2,1-6H3,(H,32,36). The molecule has 0 aliphatic carbocycles. The van der Waals surface area contributed by atoms with Crippen molar-refractivity contribution in [1.82, 2.24) is 10.2 Å². The molecule has 0 bridgehead atoms. The number of halogens is 1. The van der Waals surface area contributed by atoms with Crippen molar-refractivity contribution >= 4 is 39.1 Å². The highest BCUT2D eigenvalue weighted by Crippen LogP contribution is 2.32. The Morgan fingerprint density at radius 3 is 2.15 bits per heavy atom. The van der Waals surface area contributed by atoms with Gasteiger partial charge >= 0.3 is 0 Å². The molecule has 1 N–H and O–H groups in total. The number of carbonyl (C=O) groups is 2. The number of sulfonamides is 1. The van der Waals surface area contributed by atoms with Crippen molar-refractivity contribution in [3.8, 4) is 11.5 Å². The number of anilines is 1. The van der Waals surface area contributed by atoms with Crippen molar-refractivity contribution in [2.24, 2.45) is 0 Å². The quantitative estimate of drug-likeness (QED) is 0.320. The highest BCUT2D eigenvalue weighted by Gasteiger charge is 2.33. The van der Waals surface area contributed by atoms with Gasteiger partial charge < -0.3 is 19.7 Å². The van der Waals surface area contributed by atoms with Gasteiger partial charge in [0.25, 0.3) is 10.0 Å². The summed E-state index contributed by atoms with van der Waals surface area (Å²) in [6.07, 6.45) is 0. The molecule has 41 heavy (non-hydrogen) atoms. The fourth-order valence-electron chi connectivity index (χ4n) is 4.20. The van der Waals surface area contributed by atoms with E-state index in [1.807, 2.05) is 45.0 Å². The number of rotatable bonds is 12. The highest BCUT2D eigenvalue weighted by atomic mass is 35.5. The normalized spacial score (nSPS) is 12.0. The van der Waals surface area contributed by atoms with Crippen LogP contribution in [0.15, 0.2) is 71.6 Å². The summed E-state index contributed by atoms with van der Waals surface area (Å²) in [5, 5.41) is 3.25. The van der Waals surface area contributed by atoms with Gasteiger partial charge in [-0.3, -0.25) is 13.9 Å². The van der Waals surface area contributed by atoms with E-state index < -0.39 is 28.5 Å². The predicted molar refractivity (Wildman–Crippen MR) is 160 cm³/mol. The molecule has 0 heterocycles. The maximum Gasteiger partial charge on any atom is 0.264 e. The van der Waals surface area contributed by atoms with Crippen molar-refractivity contribution in [2.45, 2.75) is 51.2 Å². The number of nitrogens with zero attached hydrogens (tertiary/aromatic N) is 2. The molecule has 9 nitrogen and oxygen atoms in total. The first-order valence-corrected chi connectivity index (χ1v) is 14.9. The highest BCUT2D eigenvalue weighted by molar-refractivity contribution is 7.92. The van der Waals surface area contributed by atoms with Gasteiger partial charge in [0, 0.05) is 23.7 Å². The zero-order valence-electron chi connectivity index (χ0n) is 24.0. The van der Waals surface area contributed by atoms with Crippen molar-refractivity contribution < 1.29 is 27.5 Å². The monoisotopic (exact) mass is 601 g/mol. The van der Waals surface area contributed by atoms with Gasteiger partial charge in [-0.15, -0.1) is 0 Å². The lowest BCUT2D eigenvalue weighted by Gasteiger charge is -2.32. The van der Waals surface area contributed by atoms with E-state index >= 15 is 0 Å². The van der Waals surface area contributed by atoms with Crippen LogP contribution >= 0.6 is 11.6 Å². The molecule has 2 amide bonds. The van der Waals surface area contributed by atoms with Crippen LogP contribution in [0.25, 0.3) is 0 Å². The lowest BCUT2D eigenvalue weighted by atomic mass is 10.1. The van der Waals surface area contributed by atoms with Crippen LogP contribution in [0.5, 0.6) is 11.5 Å². The first-order chi connectivity index (χ1) is 19.4. The molecule has 0 spiro atoms. The number of methoxy groups -OCH3 is 2. The Labute approximate surface area is 247 Å². The second kappa shape index (κ2) is 13.7. The molecule has 0 aliphatic heterocycles. The molecule has 1 atom stereocenters. The summed E-state index contributed by atoms with van der Waals surface area (Å²) in [4.78, 5) is 28.3. The van der Waals surface area contributed by atoms with Crippen LogP contribution in [0, 0.1) is 6.92 Å². The van der Waals surface area contributed by atoms with Crippen molar-refractivity contribution in [3.63, 3.8) is 0 Å². The number of carbonyl (C=O) groups excluding carboxylic acids is 2. The third-order valence-corrected chi connectivity index (χ3v) is 8.56. The third kappa shape index (κ3) is 7.71. The lowest BCUT2D eigenvalue weighted by molar-refractivity contribution is -0.139. The van der Waals surface area contributed by atoms with Crippen LogP contribution in [0.1, 0.15) is 31.9 Å². The first kappa shape index (κ1) is 31.8. The minimum absolute atomic E-state index is 0.103. The van der Waals surface area contributed by atoms with E-state index in [-0.39, 0.29) is 34.8 Å². The van der Waals surface area contributed by atoms with Crippen LogP contribution in [-0.4, -0.2) is 58.0 Å².